The van der Waals surface area contributed by atoms with E-state index in [0.717, 1.165) is 41.9 Å². The van der Waals surface area contributed by atoms with Gasteiger partial charge in [0, 0.05) is 38.6 Å². The smallest absolute Gasteiger partial charge is 0.229 e. The topological polar surface area (TPSA) is 60.4 Å². The number of carbonyl (C=O) groups is 1. The predicted molar refractivity (Wildman–Crippen MR) is 132 cm³/mol. The molecule has 3 rings (SSSR count). The van der Waals surface area contributed by atoms with E-state index in [1.54, 1.807) is 6.20 Å². The van der Waals surface area contributed by atoms with Crippen molar-refractivity contribution in [2.45, 2.75) is 91.1 Å². The number of piperidine rings is 1. The van der Waals surface area contributed by atoms with Gasteiger partial charge in [-0.3, -0.25) is 9.79 Å². The molecule has 182 valence electrons. The van der Waals surface area contributed by atoms with Crippen molar-refractivity contribution < 1.29 is 19.0 Å². The van der Waals surface area contributed by atoms with Crippen LogP contribution in [0.2, 0.25) is 0 Å². The summed E-state index contributed by atoms with van der Waals surface area (Å²) in [6.07, 6.45) is 10.8. The summed E-state index contributed by atoms with van der Waals surface area (Å²) in [4.78, 5) is 19.1. The van der Waals surface area contributed by atoms with E-state index in [1.165, 1.54) is 0 Å². The average Bonchev–Trinajstić information content (AvgIpc) is 2.76. The largest absolute Gasteiger partial charge is 0.491 e. The molecule has 1 amide bonds. The van der Waals surface area contributed by atoms with E-state index in [-0.39, 0.29) is 35.7 Å². The SMILES string of the molecule is C=N/C=C\C1=C(C)C(OC(C)C)CC2(CCN(C(=O)C3C=CC(OC(C)C)=C(C)C3)CC2)O1. The molecule has 0 aromatic heterocycles. The average molecular weight is 457 g/mol. The number of nitrogens with zero attached hydrogens (tertiary/aromatic N) is 2. The normalized spacial score (nSPS) is 25.4. The van der Waals surface area contributed by atoms with Crippen LogP contribution < -0.4 is 0 Å². The number of amides is 1. The van der Waals surface area contributed by atoms with Gasteiger partial charge in [-0.2, -0.15) is 0 Å². The molecule has 1 aliphatic carbocycles. The molecule has 2 heterocycles. The minimum absolute atomic E-state index is 0.00101. The van der Waals surface area contributed by atoms with Crippen molar-refractivity contribution in [2.24, 2.45) is 10.9 Å². The van der Waals surface area contributed by atoms with Crippen LogP contribution in [0.4, 0.5) is 0 Å². The molecule has 0 aromatic carbocycles. The lowest BCUT2D eigenvalue weighted by Gasteiger charge is -2.47. The minimum Gasteiger partial charge on any atom is -0.491 e. The molecule has 1 saturated heterocycles. The maximum Gasteiger partial charge on any atom is 0.229 e. The molecule has 0 bridgehead atoms. The number of hydrogen-bond donors (Lipinski definition) is 0. The summed E-state index contributed by atoms with van der Waals surface area (Å²) in [5.41, 5.74) is 1.89. The van der Waals surface area contributed by atoms with Crippen LogP contribution in [0.5, 0.6) is 0 Å². The van der Waals surface area contributed by atoms with E-state index in [1.807, 2.05) is 37.0 Å². The second kappa shape index (κ2) is 10.7. The molecule has 1 spiro atoms. The summed E-state index contributed by atoms with van der Waals surface area (Å²) in [5.74, 6) is 1.78. The van der Waals surface area contributed by atoms with Crippen LogP contribution in [0.25, 0.3) is 0 Å². The summed E-state index contributed by atoms with van der Waals surface area (Å²) in [7, 11) is 0. The molecular formula is C27H40N2O4. The van der Waals surface area contributed by atoms with Crippen LogP contribution in [0.3, 0.4) is 0 Å². The van der Waals surface area contributed by atoms with Gasteiger partial charge in [0.15, 0.2) is 0 Å². The maximum atomic E-state index is 13.3. The van der Waals surface area contributed by atoms with E-state index in [4.69, 9.17) is 14.2 Å². The van der Waals surface area contributed by atoms with Crippen LogP contribution in [0.15, 0.2) is 52.1 Å². The molecule has 0 aromatic rings. The lowest BCUT2D eigenvalue weighted by atomic mass is 9.81. The number of hydrogen-bond acceptors (Lipinski definition) is 5. The molecule has 3 aliphatic rings. The van der Waals surface area contributed by atoms with Gasteiger partial charge in [-0.05, 0) is 78.0 Å². The van der Waals surface area contributed by atoms with Gasteiger partial charge in [-0.25, -0.2) is 0 Å². The number of ether oxygens (including phenoxy) is 3. The summed E-state index contributed by atoms with van der Waals surface area (Å²) < 4.78 is 18.6. The van der Waals surface area contributed by atoms with Crippen molar-refractivity contribution in [3.05, 3.63) is 47.1 Å². The Morgan fingerprint density at radius 3 is 2.52 bits per heavy atom. The lowest BCUT2D eigenvalue weighted by Crippen LogP contribution is -2.52. The molecule has 6 heteroatoms. The summed E-state index contributed by atoms with van der Waals surface area (Å²) in [5, 5.41) is 0. The first-order valence-electron chi connectivity index (χ1n) is 12.1. The second-order valence-electron chi connectivity index (χ2n) is 10.0. The van der Waals surface area contributed by atoms with Crippen molar-refractivity contribution in [3.8, 4) is 0 Å². The van der Waals surface area contributed by atoms with Gasteiger partial charge in [0.05, 0.1) is 24.2 Å². The van der Waals surface area contributed by atoms with Gasteiger partial charge >= 0.3 is 0 Å². The van der Waals surface area contributed by atoms with E-state index in [9.17, 15) is 4.79 Å². The lowest BCUT2D eigenvalue weighted by molar-refractivity contribution is -0.143. The summed E-state index contributed by atoms with van der Waals surface area (Å²) in [6.45, 7) is 17.2. The van der Waals surface area contributed by atoms with Crippen LogP contribution in [0.1, 0.15) is 67.2 Å². The molecule has 0 radical (unpaired) electrons. The highest BCUT2D eigenvalue weighted by Gasteiger charge is 2.44. The Morgan fingerprint density at radius 1 is 1.24 bits per heavy atom. The first-order valence-corrected chi connectivity index (χ1v) is 12.1. The van der Waals surface area contributed by atoms with Crippen LogP contribution in [0, 0.1) is 5.92 Å². The molecule has 2 aliphatic heterocycles. The van der Waals surface area contributed by atoms with Crippen molar-refractivity contribution >= 4 is 12.6 Å². The third-order valence-electron chi connectivity index (χ3n) is 6.62. The van der Waals surface area contributed by atoms with Gasteiger partial charge < -0.3 is 19.1 Å². The van der Waals surface area contributed by atoms with Crippen molar-refractivity contribution in [2.75, 3.05) is 13.1 Å². The fourth-order valence-corrected chi connectivity index (χ4v) is 4.85. The third-order valence-corrected chi connectivity index (χ3v) is 6.62. The Labute approximate surface area is 199 Å². The van der Waals surface area contributed by atoms with Gasteiger partial charge in [0.2, 0.25) is 5.91 Å². The monoisotopic (exact) mass is 456 g/mol. The zero-order valence-electron chi connectivity index (χ0n) is 21.1. The highest BCUT2D eigenvalue weighted by Crippen LogP contribution is 2.41. The highest BCUT2D eigenvalue weighted by atomic mass is 16.5. The number of allylic oxidation sites excluding steroid dienone is 3. The van der Waals surface area contributed by atoms with E-state index in [0.29, 0.717) is 19.5 Å². The molecule has 2 atom stereocenters. The maximum absolute atomic E-state index is 13.3. The highest BCUT2D eigenvalue weighted by molar-refractivity contribution is 5.81. The zero-order chi connectivity index (χ0) is 24.2. The first kappa shape index (κ1) is 25.3. The number of aliphatic imine (C=N–C) groups is 1. The molecular weight excluding hydrogens is 416 g/mol. The van der Waals surface area contributed by atoms with Gasteiger partial charge in [0.1, 0.15) is 17.1 Å². The van der Waals surface area contributed by atoms with E-state index < -0.39 is 0 Å². The van der Waals surface area contributed by atoms with Gasteiger partial charge in [-0.1, -0.05) is 6.08 Å². The number of rotatable bonds is 7. The zero-order valence-corrected chi connectivity index (χ0v) is 21.1. The third kappa shape index (κ3) is 6.17. The summed E-state index contributed by atoms with van der Waals surface area (Å²) in [6, 6.07) is 0. The van der Waals surface area contributed by atoms with Crippen LogP contribution in [-0.2, 0) is 19.0 Å². The Morgan fingerprint density at radius 2 is 1.94 bits per heavy atom. The predicted octanol–water partition coefficient (Wildman–Crippen LogP) is 5.32. The van der Waals surface area contributed by atoms with Gasteiger partial charge in [-0.15, -0.1) is 0 Å². The van der Waals surface area contributed by atoms with Crippen molar-refractivity contribution in [3.63, 3.8) is 0 Å². The van der Waals surface area contributed by atoms with Crippen molar-refractivity contribution in [1.29, 1.82) is 0 Å². The molecule has 0 N–H and O–H groups in total. The standard InChI is InChI=1S/C27H40N2O4/c1-18(2)31-23-9-8-22(16-20(23)5)26(30)29-14-11-27(12-15-29)17-25(32-19(3)4)21(6)24(33-27)10-13-28-7/h8-10,13,18-19,22,25H,7,11-12,14-17H2,1-6H3/b13-10-. The molecule has 6 nitrogen and oxygen atoms in total. The van der Waals surface area contributed by atoms with Crippen LogP contribution in [-0.4, -0.2) is 54.5 Å². The first-order chi connectivity index (χ1) is 15.6. The Kier molecular flexibility index (Phi) is 8.22. The molecule has 33 heavy (non-hydrogen) atoms. The fourth-order valence-electron chi connectivity index (χ4n) is 4.85. The van der Waals surface area contributed by atoms with Gasteiger partial charge in [0.25, 0.3) is 0 Å². The number of likely N-dealkylation sites (tertiary alicyclic amines) is 1. The Bertz CT molecular complexity index is 857. The Hall–Kier alpha value is -2.34. The molecule has 2 unspecified atom stereocenters. The second-order valence-corrected chi connectivity index (χ2v) is 10.0. The molecule has 1 fully saturated rings. The summed E-state index contributed by atoms with van der Waals surface area (Å²) >= 11 is 0. The quantitative estimate of drug-likeness (QED) is 0.486. The minimum atomic E-state index is -0.326. The van der Waals surface area contributed by atoms with E-state index >= 15 is 0 Å². The van der Waals surface area contributed by atoms with Crippen LogP contribution >= 0.6 is 0 Å². The fraction of sp³-hybridized carbons (Fsp3) is 0.630. The Balaban J connectivity index is 1.66. The van der Waals surface area contributed by atoms with E-state index in [2.05, 4.69) is 39.4 Å². The number of carbonyl (C=O) groups excluding carboxylic acids is 1. The molecule has 0 saturated carbocycles. The van der Waals surface area contributed by atoms with Crippen molar-refractivity contribution in [1.82, 2.24) is 4.90 Å².